The van der Waals surface area contributed by atoms with Crippen LogP contribution in [0.1, 0.15) is 59.7 Å². The predicted octanol–water partition coefficient (Wildman–Crippen LogP) is 4.61. The Balaban J connectivity index is 1.52. The van der Waals surface area contributed by atoms with Crippen LogP contribution in [0.3, 0.4) is 0 Å². The summed E-state index contributed by atoms with van der Waals surface area (Å²) >= 11 is 1.84. The van der Waals surface area contributed by atoms with E-state index in [-0.39, 0.29) is 0 Å². The lowest BCUT2D eigenvalue weighted by molar-refractivity contribution is 0.270. The van der Waals surface area contributed by atoms with Crippen molar-refractivity contribution in [1.82, 2.24) is 10.3 Å². The monoisotopic (exact) mass is 300 g/mol. The van der Waals surface area contributed by atoms with Gasteiger partial charge >= 0.3 is 0 Å². The molecular weight excluding hydrogens is 276 g/mol. The number of rotatable bonds is 5. The lowest BCUT2D eigenvalue weighted by Crippen LogP contribution is -2.41. The van der Waals surface area contributed by atoms with Gasteiger partial charge in [0.05, 0.1) is 6.04 Å². The second-order valence-corrected chi connectivity index (χ2v) is 7.33. The molecule has 3 heteroatoms. The first-order valence-corrected chi connectivity index (χ1v) is 8.74. The highest BCUT2D eigenvalue weighted by Gasteiger charge is 2.31. The smallest absolute Gasteiger partial charge is 0.109 e. The summed E-state index contributed by atoms with van der Waals surface area (Å²) in [7, 11) is 0. The molecule has 1 heterocycles. The van der Waals surface area contributed by atoms with Crippen LogP contribution in [-0.4, -0.2) is 11.0 Å². The summed E-state index contributed by atoms with van der Waals surface area (Å²) in [6, 6.07) is 9.96. The molecule has 3 rings (SSSR count). The summed E-state index contributed by atoms with van der Waals surface area (Å²) in [5.41, 5.74) is 2.87. The van der Waals surface area contributed by atoms with E-state index in [4.69, 9.17) is 0 Å². The largest absolute Gasteiger partial charge is 0.305 e. The minimum Gasteiger partial charge on any atom is -0.305 e. The van der Waals surface area contributed by atoms with Gasteiger partial charge in [-0.15, -0.1) is 11.3 Å². The first-order chi connectivity index (χ1) is 10.2. The van der Waals surface area contributed by atoms with Crippen molar-refractivity contribution in [2.75, 3.05) is 0 Å². The average molecular weight is 300 g/mol. The summed E-state index contributed by atoms with van der Waals surface area (Å²) in [4.78, 5) is 5.92. The fourth-order valence-electron chi connectivity index (χ4n) is 3.06. The minimum absolute atomic E-state index is 0.374. The van der Waals surface area contributed by atoms with E-state index in [2.05, 4.69) is 55.3 Å². The second kappa shape index (κ2) is 6.29. The first kappa shape index (κ1) is 14.7. The lowest BCUT2D eigenvalue weighted by atomic mass is 9.75. The molecule has 1 aromatic heterocycles. The molecule has 1 aliphatic carbocycles. The van der Waals surface area contributed by atoms with Crippen molar-refractivity contribution >= 4 is 11.3 Å². The number of hydrogen-bond donors (Lipinski definition) is 1. The number of thiazole rings is 1. The molecule has 0 radical (unpaired) electrons. The van der Waals surface area contributed by atoms with Crippen LogP contribution in [0.4, 0.5) is 0 Å². The van der Waals surface area contributed by atoms with Gasteiger partial charge in [-0.2, -0.15) is 0 Å². The second-order valence-electron chi connectivity index (χ2n) is 6.19. The van der Waals surface area contributed by atoms with Crippen molar-refractivity contribution in [2.45, 2.75) is 58.0 Å². The third kappa shape index (κ3) is 3.35. The molecule has 1 aliphatic rings. The van der Waals surface area contributed by atoms with E-state index in [1.165, 1.54) is 33.9 Å². The summed E-state index contributed by atoms with van der Waals surface area (Å²) in [5, 5.41) is 4.96. The molecule has 21 heavy (non-hydrogen) atoms. The zero-order valence-electron chi connectivity index (χ0n) is 13.1. The van der Waals surface area contributed by atoms with Crippen LogP contribution >= 0.6 is 11.3 Å². The molecule has 2 nitrogen and oxygen atoms in total. The maximum Gasteiger partial charge on any atom is 0.109 e. The molecule has 0 bridgehead atoms. The van der Waals surface area contributed by atoms with Crippen LogP contribution in [0.25, 0.3) is 0 Å². The predicted molar refractivity (Wildman–Crippen MR) is 90.0 cm³/mol. The molecule has 1 atom stereocenters. The van der Waals surface area contributed by atoms with E-state index in [0.29, 0.717) is 12.1 Å². The third-order valence-corrected chi connectivity index (χ3v) is 5.75. The Bertz CT molecular complexity index is 599. The highest BCUT2D eigenvalue weighted by molar-refractivity contribution is 7.11. The van der Waals surface area contributed by atoms with Gasteiger partial charge in [0, 0.05) is 17.1 Å². The van der Waals surface area contributed by atoms with Crippen LogP contribution in [0, 0.1) is 6.92 Å². The van der Waals surface area contributed by atoms with Crippen LogP contribution < -0.4 is 5.32 Å². The Labute approximate surface area is 131 Å². The third-order valence-electron chi connectivity index (χ3n) is 4.43. The van der Waals surface area contributed by atoms with E-state index in [0.717, 1.165) is 12.3 Å². The quantitative estimate of drug-likeness (QED) is 0.872. The van der Waals surface area contributed by atoms with Crippen molar-refractivity contribution < 1.29 is 0 Å². The Morgan fingerprint density at radius 1 is 1.38 bits per heavy atom. The molecule has 2 aromatic rings. The standard InChI is InChI=1S/C18H24N2S/c1-4-17-11-19-18(21-17)13(3)20-16-9-15(10-16)14-7-5-6-12(2)8-14/h5-8,11,13,15-16,20H,4,9-10H2,1-3H3. The maximum atomic E-state index is 4.54. The number of aromatic nitrogens is 1. The molecule has 1 N–H and O–H groups in total. The van der Waals surface area contributed by atoms with Gasteiger partial charge in [-0.05, 0) is 44.6 Å². The zero-order valence-corrected chi connectivity index (χ0v) is 13.9. The fraction of sp³-hybridized carbons (Fsp3) is 0.500. The van der Waals surface area contributed by atoms with Crippen LogP contribution in [-0.2, 0) is 6.42 Å². The van der Waals surface area contributed by atoms with Crippen molar-refractivity contribution in [1.29, 1.82) is 0 Å². The van der Waals surface area contributed by atoms with Crippen LogP contribution in [0.2, 0.25) is 0 Å². The SMILES string of the molecule is CCc1cnc(C(C)NC2CC(c3cccc(C)c3)C2)s1. The van der Waals surface area contributed by atoms with Gasteiger partial charge < -0.3 is 5.32 Å². The van der Waals surface area contributed by atoms with Gasteiger partial charge in [-0.1, -0.05) is 36.8 Å². The molecular formula is C18H24N2S. The van der Waals surface area contributed by atoms with Gasteiger partial charge in [0.15, 0.2) is 0 Å². The number of nitrogens with one attached hydrogen (secondary N) is 1. The van der Waals surface area contributed by atoms with E-state index in [1.54, 1.807) is 0 Å². The van der Waals surface area contributed by atoms with Gasteiger partial charge in [0.25, 0.3) is 0 Å². The highest BCUT2D eigenvalue weighted by atomic mass is 32.1. The van der Waals surface area contributed by atoms with Crippen molar-refractivity contribution in [3.63, 3.8) is 0 Å². The Morgan fingerprint density at radius 2 is 2.19 bits per heavy atom. The van der Waals surface area contributed by atoms with Crippen molar-refractivity contribution in [2.24, 2.45) is 0 Å². The molecule has 1 aromatic carbocycles. The van der Waals surface area contributed by atoms with Gasteiger partial charge in [0.1, 0.15) is 5.01 Å². The van der Waals surface area contributed by atoms with Gasteiger partial charge in [0.2, 0.25) is 0 Å². The summed E-state index contributed by atoms with van der Waals surface area (Å²) < 4.78 is 0. The zero-order chi connectivity index (χ0) is 14.8. The van der Waals surface area contributed by atoms with Gasteiger partial charge in [-0.25, -0.2) is 4.98 Å². The van der Waals surface area contributed by atoms with E-state index in [1.807, 2.05) is 17.5 Å². The number of hydrogen-bond acceptors (Lipinski definition) is 3. The van der Waals surface area contributed by atoms with Crippen LogP contribution in [0.15, 0.2) is 30.5 Å². The molecule has 112 valence electrons. The number of aryl methyl sites for hydroxylation is 2. The normalized spacial score (nSPS) is 22.8. The molecule has 0 spiro atoms. The number of benzene rings is 1. The molecule has 1 saturated carbocycles. The maximum absolute atomic E-state index is 4.54. The first-order valence-electron chi connectivity index (χ1n) is 7.93. The van der Waals surface area contributed by atoms with E-state index < -0.39 is 0 Å². The Morgan fingerprint density at radius 3 is 2.86 bits per heavy atom. The lowest BCUT2D eigenvalue weighted by Gasteiger charge is -2.38. The van der Waals surface area contributed by atoms with Crippen LogP contribution in [0.5, 0.6) is 0 Å². The van der Waals surface area contributed by atoms with E-state index in [9.17, 15) is 0 Å². The van der Waals surface area contributed by atoms with Crippen molar-refractivity contribution in [3.05, 3.63) is 51.5 Å². The molecule has 0 amide bonds. The fourth-order valence-corrected chi connectivity index (χ4v) is 3.93. The molecule has 0 saturated heterocycles. The Hall–Kier alpha value is -1.19. The number of nitrogens with zero attached hydrogens (tertiary/aromatic N) is 1. The topological polar surface area (TPSA) is 24.9 Å². The minimum atomic E-state index is 0.374. The van der Waals surface area contributed by atoms with E-state index >= 15 is 0 Å². The van der Waals surface area contributed by atoms with Crippen molar-refractivity contribution in [3.8, 4) is 0 Å². The average Bonchev–Trinajstić information content (AvgIpc) is 2.91. The summed E-state index contributed by atoms with van der Waals surface area (Å²) in [6.07, 6.45) is 5.61. The molecule has 1 unspecified atom stereocenters. The molecule has 1 fully saturated rings. The molecule has 0 aliphatic heterocycles. The van der Waals surface area contributed by atoms with Gasteiger partial charge in [-0.3, -0.25) is 0 Å². The Kier molecular flexibility index (Phi) is 4.41. The summed E-state index contributed by atoms with van der Waals surface area (Å²) in [5.74, 6) is 0.733. The summed E-state index contributed by atoms with van der Waals surface area (Å²) in [6.45, 7) is 6.60. The highest BCUT2D eigenvalue weighted by Crippen LogP contribution is 2.38.